The number of aryl methyl sites for hydroxylation is 1. The first kappa shape index (κ1) is 19.2. The van der Waals surface area contributed by atoms with Crippen molar-refractivity contribution in [2.45, 2.75) is 26.3 Å². The number of rotatable bonds is 7. The molecular formula is C23H23FN2O3. The normalized spacial score (nSPS) is 13.4. The molecule has 0 unspecified atom stereocenters. The lowest BCUT2D eigenvalue weighted by atomic mass is 10.1. The van der Waals surface area contributed by atoms with Crippen LogP contribution in [-0.2, 0) is 11.3 Å². The number of nitrogens with one attached hydrogen (secondary N) is 1. The van der Waals surface area contributed by atoms with E-state index >= 15 is 0 Å². The molecule has 0 atom stereocenters. The Bertz CT molecular complexity index is 1120. The monoisotopic (exact) mass is 394 g/mol. The lowest BCUT2D eigenvalue weighted by molar-refractivity contribution is -0.123. The van der Waals surface area contributed by atoms with E-state index in [1.807, 2.05) is 13.0 Å². The van der Waals surface area contributed by atoms with Gasteiger partial charge in [-0.1, -0.05) is 18.2 Å². The zero-order chi connectivity index (χ0) is 20.4. The standard InChI is InChI=1S/C23H23FN2O3/c1-15-10-23(28)26(13-17-4-2-3-5-20(17)24)21-11-18(8-9-19(15)21)29-14-22(27)25-12-16-6-7-16/h2-5,8-11,16H,6-7,12-14H2,1H3,(H,25,27). The molecule has 0 saturated heterocycles. The zero-order valence-electron chi connectivity index (χ0n) is 16.3. The maximum atomic E-state index is 14.1. The van der Waals surface area contributed by atoms with Crippen molar-refractivity contribution in [2.24, 2.45) is 5.92 Å². The van der Waals surface area contributed by atoms with Crippen LogP contribution in [0, 0.1) is 18.7 Å². The third kappa shape index (κ3) is 4.47. The van der Waals surface area contributed by atoms with Crippen LogP contribution in [-0.4, -0.2) is 23.6 Å². The second-order valence-electron chi connectivity index (χ2n) is 7.56. The first-order valence-electron chi connectivity index (χ1n) is 9.78. The summed E-state index contributed by atoms with van der Waals surface area (Å²) in [6, 6.07) is 13.3. The summed E-state index contributed by atoms with van der Waals surface area (Å²) in [4.78, 5) is 24.6. The summed E-state index contributed by atoms with van der Waals surface area (Å²) in [5, 5.41) is 3.74. The smallest absolute Gasteiger partial charge is 0.257 e. The van der Waals surface area contributed by atoms with Crippen LogP contribution in [0.2, 0.25) is 0 Å². The number of hydrogen-bond donors (Lipinski definition) is 1. The number of halogens is 1. The van der Waals surface area contributed by atoms with Crippen LogP contribution in [0.3, 0.4) is 0 Å². The van der Waals surface area contributed by atoms with Crippen LogP contribution < -0.4 is 15.6 Å². The first-order chi connectivity index (χ1) is 14.0. The van der Waals surface area contributed by atoms with Crippen molar-refractivity contribution in [1.82, 2.24) is 9.88 Å². The van der Waals surface area contributed by atoms with E-state index in [4.69, 9.17) is 4.74 Å². The van der Waals surface area contributed by atoms with Gasteiger partial charge in [-0.05, 0) is 49.4 Å². The van der Waals surface area contributed by atoms with Crippen molar-refractivity contribution in [3.8, 4) is 5.75 Å². The number of pyridine rings is 1. The van der Waals surface area contributed by atoms with E-state index in [9.17, 15) is 14.0 Å². The molecule has 0 aliphatic heterocycles. The van der Waals surface area contributed by atoms with E-state index in [2.05, 4.69) is 5.32 Å². The van der Waals surface area contributed by atoms with Gasteiger partial charge in [-0.15, -0.1) is 0 Å². The molecule has 2 aromatic carbocycles. The fraction of sp³-hybridized carbons (Fsp3) is 0.304. The van der Waals surface area contributed by atoms with Crippen molar-refractivity contribution >= 4 is 16.8 Å². The average Bonchev–Trinajstić information content (AvgIpc) is 3.53. The minimum atomic E-state index is -0.354. The molecule has 3 aromatic rings. The third-order valence-electron chi connectivity index (χ3n) is 5.23. The van der Waals surface area contributed by atoms with Crippen molar-refractivity contribution < 1.29 is 13.9 Å². The van der Waals surface area contributed by atoms with E-state index in [-0.39, 0.29) is 30.4 Å². The van der Waals surface area contributed by atoms with Gasteiger partial charge in [-0.3, -0.25) is 9.59 Å². The van der Waals surface area contributed by atoms with Gasteiger partial charge in [0.05, 0.1) is 12.1 Å². The van der Waals surface area contributed by atoms with Gasteiger partial charge in [0.2, 0.25) is 0 Å². The molecule has 6 heteroatoms. The minimum absolute atomic E-state index is 0.0818. The Morgan fingerprint density at radius 2 is 2.00 bits per heavy atom. The van der Waals surface area contributed by atoms with Gasteiger partial charge >= 0.3 is 0 Å². The quantitative estimate of drug-likeness (QED) is 0.668. The van der Waals surface area contributed by atoms with Crippen molar-refractivity contribution in [1.29, 1.82) is 0 Å². The number of hydrogen-bond acceptors (Lipinski definition) is 3. The number of ether oxygens (including phenoxy) is 1. The Morgan fingerprint density at radius 1 is 1.21 bits per heavy atom. The third-order valence-corrected chi connectivity index (χ3v) is 5.23. The number of benzene rings is 2. The molecule has 1 N–H and O–H groups in total. The van der Waals surface area contributed by atoms with Crippen molar-refractivity contribution in [2.75, 3.05) is 13.2 Å². The maximum Gasteiger partial charge on any atom is 0.257 e. The highest BCUT2D eigenvalue weighted by Gasteiger charge is 2.21. The number of amides is 1. The summed E-state index contributed by atoms with van der Waals surface area (Å²) < 4.78 is 21.3. The number of fused-ring (bicyclic) bond motifs is 1. The molecule has 1 amide bonds. The Labute approximate surface area is 168 Å². The van der Waals surface area contributed by atoms with Gasteiger partial charge in [0.15, 0.2) is 6.61 Å². The summed E-state index contributed by atoms with van der Waals surface area (Å²) >= 11 is 0. The summed E-state index contributed by atoms with van der Waals surface area (Å²) in [6.45, 7) is 2.60. The van der Waals surface area contributed by atoms with E-state index in [0.717, 1.165) is 10.9 Å². The van der Waals surface area contributed by atoms with Gasteiger partial charge in [0.25, 0.3) is 11.5 Å². The van der Waals surface area contributed by atoms with E-state index in [0.29, 0.717) is 29.3 Å². The topological polar surface area (TPSA) is 60.3 Å². The molecule has 0 radical (unpaired) electrons. The van der Waals surface area contributed by atoms with Crippen molar-refractivity contribution in [3.05, 3.63) is 75.8 Å². The first-order valence-corrected chi connectivity index (χ1v) is 9.78. The molecule has 29 heavy (non-hydrogen) atoms. The van der Waals surface area contributed by atoms with Crippen LogP contribution >= 0.6 is 0 Å². The molecule has 4 rings (SSSR count). The van der Waals surface area contributed by atoms with Crippen LogP contribution in [0.5, 0.6) is 5.75 Å². The molecule has 1 heterocycles. The zero-order valence-corrected chi connectivity index (χ0v) is 16.3. The number of nitrogens with zero attached hydrogens (tertiary/aromatic N) is 1. The molecule has 1 aliphatic carbocycles. The molecular weight excluding hydrogens is 371 g/mol. The fourth-order valence-electron chi connectivity index (χ4n) is 3.36. The molecule has 1 aliphatic rings. The summed E-state index contributed by atoms with van der Waals surface area (Å²) in [5.41, 5.74) is 1.71. The Kier molecular flexibility index (Phi) is 5.34. The fourth-order valence-corrected chi connectivity index (χ4v) is 3.36. The highest BCUT2D eigenvalue weighted by Crippen LogP contribution is 2.27. The SMILES string of the molecule is Cc1cc(=O)n(Cc2ccccc2F)c2cc(OCC(=O)NCC3CC3)ccc12. The Hall–Kier alpha value is -3.15. The van der Waals surface area contributed by atoms with Crippen LogP contribution in [0.25, 0.3) is 10.9 Å². The highest BCUT2D eigenvalue weighted by atomic mass is 19.1. The van der Waals surface area contributed by atoms with Crippen LogP contribution in [0.15, 0.2) is 53.3 Å². The molecule has 0 spiro atoms. The number of carbonyl (C=O) groups excluding carboxylic acids is 1. The molecule has 150 valence electrons. The lowest BCUT2D eigenvalue weighted by Crippen LogP contribution is -2.30. The minimum Gasteiger partial charge on any atom is -0.484 e. The Balaban J connectivity index is 1.60. The lowest BCUT2D eigenvalue weighted by Gasteiger charge is -2.14. The number of carbonyl (C=O) groups is 1. The summed E-state index contributed by atoms with van der Waals surface area (Å²) in [5.74, 6) is 0.583. The van der Waals surface area contributed by atoms with Crippen LogP contribution in [0.4, 0.5) is 4.39 Å². The molecule has 1 saturated carbocycles. The molecule has 1 aromatic heterocycles. The van der Waals surface area contributed by atoms with E-state index in [1.54, 1.807) is 36.4 Å². The van der Waals surface area contributed by atoms with Gasteiger partial charge in [-0.25, -0.2) is 4.39 Å². The van der Waals surface area contributed by atoms with Gasteiger partial charge in [0.1, 0.15) is 11.6 Å². The van der Waals surface area contributed by atoms with Crippen LogP contribution in [0.1, 0.15) is 24.0 Å². The highest BCUT2D eigenvalue weighted by molar-refractivity contribution is 5.84. The number of aromatic nitrogens is 1. The van der Waals surface area contributed by atoms with Gasteiger partial charge in [0, 0.05) is 29.6 Å². The molecule has 1 fully saturated rings. The Morgan fingerprint density at radius 3 is 2.76 bits per heavy atom. The molecule has 5 nitrogen and oxygen atoms in total. The second kappa shape index (κ2) is 8.07. The summed E-state index contributed by atoms with van der Waals surface area (Å²) in [7, 11) is 0. The van der Waals surface area contributed by atoms with Crippen molar-refractivity contribution in [3.63, 3.8) is 0 Å². The van der Waals surface area contributed by atoms with E-state index < -0.39 is 0 Å². The predicted molar refractivity (Wildman–Crippen MR) is 110 cm³/mol. The van der Waals surface area contributed by atoms with Gasteiger partial charge in [-0.2, -0.15) is 0 Å². The van der Waals surface area contributed by atoms with E-state index in [1.165, 1.54) is 23.5 Å². The average molecular weight is 394 g/mol. The second-order valence-corrected chi connectivity index (χ2v) is 7.56. The molecule has 0 bridgehead atoms. The largest absolute Gasteiger partial charge is 0.484 e. The summed E-state index contributed by atoms with van der Waals surface area (Å²) in [6.07, 6.45) is 2.34. The maximum absolute atomic E-state index is 14.1. The predicted octanol–water partition coefficient (Wildman–Crippen LogP) is 3.40. The van der Waals surface area contributed by atoms with Gasteiger partial charge < -0.3 is 14.6 Å².